The summed E-state index contributed by atoms with van der Waals surface area (Å²) in [5.74, 6) is 6.29. The van der Waals surface area contributed by atoms with Gasteiger partial charge in [0.2, 0.25) is 0 Å². The summed E-state index contributed by atoms with van der Waals surface area (Å²) in [6, 6.07) is 4.91. The lowest BCUT2D eigenvalue weighted by molar-refractivity contribution is 0.401. The van der Waals surface area contributed by atoms with Gasteiger partial charge in [0.25, 0.3) is 0 Å². The highest BCUT2D eigenvalue weighted by molar-refractivity contribution is 6.35. The summed E-state index contributed by atoms with van der Waals surface area (Å²) in [5, 5.41) is 5.25. The van der Waals surface area contributed by atoms with Gasteiger partial charge in [0.1, 0.15) is 5.69 Å². The molecule has 0 bridgehead atoms. The molecule has 2 rings (SSSR count). The third-order valence-electron chi connectivity index (χ3n) is 2.88. The van der Waals surface area contributed by atoms with E-state index in [1.54, 1.807) is 30.1 Å². The molecule has 1 heterocycles. The van der Waals surface area contributed by atoms with Crippen LogP contribution in [0.1, 0.15) is 17.3 Å². The van der Waals surface area contributed by atoms with Gasteiger partial charge in [0.15, 0.2) is 5.75 Å². The number of halogens is 2. The van der Waals surface area contributed by atoms with E-state index in [1.807, 2.05) is 13.1 Å². The van der Waals surface area contributed by atoms with Gasteiger partial charge in [-0.25, -0.2) is 5.43 Å². The Bertz CT molecular complexity index is 585. The summed E-state index contributed by atoms with van der Waals surface area (Å²) in [6.07, 6.45) is 1.63. The average Bonchev–Trinajstić information content (AvgIpc) is 2.74. The zero-order chi connectivity index (χ0) is 14.0. The van der Waals surface area contributed by atoms with Crippen LogP contribution >= 0.6 is 23.2 Å². The number of methoxy groups -OCH3 is 1. The van der Waals surface area contributed by atoms with Gasteiger partial charge >= 0.3 is 0 Å². The predicted octanol–water partition coefficient (Wildman–Crippen LogP) is 2.29. The summed E-state index contributed by atoms with van der Waals surface area (Å²) in [5.41, 5.74) is 4.32. The molecule has 0 aliphatic rings. The van der Waals surface area contributed by atoms with E-state index in [9.17, 15) is 0 Å². The van der Waals surface area contributed by atoms with Gasteiger partial charge in [-0.1, -0.05) is 29.3 Å². The van der Waals surface area contributed by atoms with Crippen LogP contribution in [0.3, 0.4) is 0 Å². The van der Waals surface area contributed by atoms with Crippen molar-refractivity contribution in [2.45, 2.75) is 6.04 Å². The lowest BCUT2D eigenvalue weighted by Gasteiger charge is -2.19. The van der Waals surface area contributed by atoms with Gasteiger partial charge in [-0.05, 0) is 17.7 Å². The number of aromatic nitrogens is 2. The molecule has 0 amide bonds. The fourth-order valence-electron chi connectivity index (χ4n) is 1.96. The molecule has 1 aromatic carbocycles. The number of nitrogens with one attached hydrogen (secondary N) is 1. The number of hydrogen-bond acceptors (Lipinski definition) is 4. The fraction of sp³-hybridized carbons (Fsp3) is 0.250. The SMILES string of the molecule is COc1cnn(C)c1C(NN)c1ccc(Cl)cc1Cl. The molecule has 1 aromatic heterocycles. The monoisotopic (exact) mass is 300 g/mol. The van der Waals surface area contributed by atoms with Crippen molar-refractivity contribution in [3.05, 3.63) is 45.7 Å². The summed E-state index contributed by atoms with van der Waals surface area (Å²) in [7, 11) is 3.39. The summed E-state index contributed by atoms with van der Waals surface area (Å²) >= 11 is 12.1. The molecule has 102 valence electrons. The van der Waals surface area contributed by atoms with E-state index in [2.05, 4.69) is 10.5 Å². The molecule has 0 radical (unpaired) electrons. The summed E-state index contributed by atoms with van der Waals surface area (Å²) in [6.45, 7) is 0. The van der Waals surface area contributed by atoms with Crippen LogP contribution < -0.4 is 16.0 Å². The second kappa shape index (κ2) is 5.79. The predicted molar refractivity (Wildman–Crippen MR) is 75.4 cm³/mol. The highest BCUT2D eigenvalue weighted by Gasteiger charge is 2.23. The summed E-state index contributed by atoms with van der Waals surface area (Å²) < 4.78 is 6.97. The van der Waals surface area contributed by atoms with E-state index in [0.29, 0.717) is 15.8 Å². The van der Waals surface area contributed by atoms with Crippen molar-refractivity contribution in [2.75, 3.05) is 7.11 Å². The Morgan fingerprint density at radius 1 is 1.42 bits per heavy atom. The summed E-state index contributed by atoms with van der Waals surface area (Å²) in [4.78, 5) is 0. The molecule has 19 heavy (non-hydrogen) atoms. The van der Waals surface area contributed by atoms with Crippen molar-refractivity contribution < 1.29 is 4.74 Å². The van der Waals surface area contributed by atoms with Crippen molar-refractivity contribution in [3.63, 3.8) is 0 Å². The van der Waals surface area contributed by atoms with E-state index < -0.39 is 0 Å². The molecule has 0 fully saturated rings. The molecule has 2 aromatic rings. The zero-order valence-electron chi connectivity index (χ0n) is 10.5. The second-order valence-electron chi connectivity index (χ2n) is 3.99. The van der Waals surface area contributed by atoms with Gasteiger partial charge in [0, 0.05) is 17.1 Å². The van der Waals surface area contributed by atoms with Crippen LogP contribution in [0.25, 0.3) is 0 Å². The molecule has 7 heteroatoms. The maximum absolute atomic E-state index is 6.22. The highest BCUT2D eigenvalue weighted by atomic mass is 35.5. The number of nitrogens with two attached hydrogens (primary N) is 1. The van der Waals surface area contributed by atoms with Gasteiger partial charge in [-0.2, -0.15) is 5.10 Å². The van der Waals surface area contributed by atoms with Gasteiger partial charge < -0.3 is 4.74 Å². The first-order valence-corrected chi connectivity index (χ1v) is 6.31. The Labute approximate surface area is 121 Å². The molecule has 0 spiro atoms. The first-order chi connectivity index (χ1) is 9.08. The molecular weight excluding hydrogens is 287 g/mol. The topological polar surface area (TPSA) is 65.1 Å². The Morgan fingerprint density at radius 3 is 2.74 bits per heavy atom. The lowest BCUT2D eigenvalue weighted by Crippen LogP contribution is -2.31. The van der Waals surface area contributed by atoms with Crippen LogP contribution in [0.4, 0.5) is 0 Å². The molecule has 0 saturated heterocycles. The molecule has 0 aliphatic carbocycles. The minimum absolute atomic E-state index is 0.341. The number of benzene rings is 1. The number of rotatable bonds is 4. The van der Waals surface area contributed by atoms with Crippen molar-refractivity contribution in [1.29, 1.82) is 0 Å². The Kier molecular flexibility index (Phi) is 4.31. The molecule has 0 aliphatic heterocycles. The van der Waals surface area contributed by atoms with Crippen molar-refractivity contribution in [3.8, 4) is 5.75 Å². The number of ether oxygens (including phenoxy) is 1. The van der Waals surface area contributed by atoms with Crippen molar-refractivity contribution in [2.24, 2.45) is 12.9 Å². The number of aryl methyl sites for hydroxylation is 1. The number of hydrazine groups is 1. The lowest BCUT2D eigenvalue weighted by atomic mass is 10.0. The maximum Gasteiger partial charge on any atom is 0.161 e. The second-order valence-corrected chi connectivity index (χ2v) is 4.83. The van der Waals surface area contributed by atoms with Crippen LogP contribution in [0.2, 0.25) is 10.0 Å². The largest absolute Gasteiger partial charge is 0.493 e. The molecule has 1 unspecified atom stereocenters. The van der Waals surface area contributed by atoms with Crippen LogP contribution in [-0.2, 0) is 7.05 Å². The molecule has 0 saturated carbocycles. The van der Waals surface area contributed by atoms with E-state index in [-0.39, 0.29) is 6.04 Å². The number of hydrogen-bond donors (Lipinski definition) is 2. The molecule has 5 nitrogen and oxygen atoms in total. The highest BCUT2D eigenvalue weighted by Crippen LogP contribution is 2.33. The average molecular weight is 301 g/mol. The van der Waals surface area contributed by atoms with Crippen LogP contribution in [0.5, 0.6) is 5.75 Å². The first-order valence-electron chi connectivity index (χ1n) is 5.55. The van der Waals surface area contributed by atoms with E-state index >= 15 is 0 Å². The molecular formula is C12H14Cl2N4O. The Morgan fingerprint density at radius 2 is 2.16 bits per heavy atom. The Hall–Kier alpha value is -1.27. The van der Waals surface area contributed by atoms with E-state index in [0.717, 1.165) is 11.3 Å². The standard InChI is InChI=1S/C12H14Cl2N4O/c1-18-12(10(19-2)6-16-18)11(17-15)8-4-3-7(13)5-9(8)14/h3-6,11,17H,15H2,1-2H3. The first kappa shape index (κ1) is 14.1. The van der Waals surface area contributed by atoms with E-state index in [1.165, 1.54) is 0 Å². The van der Waals surface area contributed by atoms with Crippen LogP contribution in [-0.4, -0.2) is 16.9 Å². The van der Waals surface area contributed by atoms with Gasteiger partial charge in [0.05, 0.1) is 19.3 Å². The number of nitrogens with zero attached hydrogens (tertiary/aromatic N) is 2. The van der Waals surface area contributed by atoms with Gasteiger partial charge in [-0.3, -0.25) is 10.5 Å². The van der Waals surface area contributed by atoms with Crippen LogP contribution in [0.15, 0.2) is 24.4 Å². The van der Waals surface area contributed by atoms with E-state index in [4.69, 9.17) is 33.8 Å². The molecule has 1 atom stereocenters. The maximum atomic E-state index is 6.22. The Balaban J connectivity index is 2.52. The van der Waals surface area contributed by atoms with Gasteiger partial charge in [-0.15, -0.1) is 0 Å². The molecule has 3 N–H and O–H groups in total. The van der Waals surface area contributed by atoms with Crippen molar-refractivity contribution >= 4 is 23.2 Å². The quantitative estimate of drug-likeness (QED) is 0.672. The zero-order valence-corrected chi connectivity index (χ0v) is 12.0. The normalized spacial score (nSPS) is 12.5. The third-order valence-corrected chi connectivity index (χ3v) is 3.45. The minimum Gasteiger partial charge on any atom is -0.493 e. The smallest absolute Gasteiger partial charge is 0.161 e. The van der Waals surface area contributed by atoms with Crippen LogP contribution in [0, 0.1) is 0 Å². The fourth-order valence-corrected chi connectivity index (χ4v) is 2.48. The van der Waals surface area contributed by atoms with Crippen molar-refractivity contribution in [1.82, 2.24) is 15.2 Å². The third kappa shape index (κ3) is 2.69. The minimum atomic E-state index is -0.341.